The number of hydrogen-bond donors (Lipinski definition) is 1. The summed E-state index contributed by atoms with van der Waals surface area (Å²) in [5.74, 6) is -0.629. The van der Waals surface area contributed by atoms with Gasteiger partial charge in [-0.05, 0) is 24.6 Å². The number of anilines is 1. The summed E-state index contributed by atoms with van der Waals surface area (Å²) in [5.41, 5.74) is 2.11. The molecule has 0 atom stereocenters. The SMILES string of the molecule is COC(=O)c1c(NC(=O)C2c3ccccc3Oc3ccccc32)sc(C(=O)N(C)C)c1C. The summed E-state index contributed by atoms with van der Waals surface area (Å²) in [6, 6.07) is 14.7. The number of nitrogens with one attached hydrogen (secondary N) is 1. The van der Waals surface area contributed by atoms with E-state index in [1.165, 1.54) is 12.0 Å². The van der Waals surface area contributed by atoms with Crippen molar-refractivity contribution in [3.8, 4) is 11.5 Å². The van der Waals surface area contributed by atoms with E-state index in [2.05, 4.69) is 5.32 Å². The number of hydrogen-bond acceptors (Lipinski definition) is 6. The molecule has 1 aliphatic rings. The summed E-state index contributed by atoms with van der Waals surface area (Å²) >= 11 is 1.07. The molecular formula is C24H22N2O5S. The third kappa shape index (κ3) is 3.62. The van der Waals surface area contributed by atoms with Gasteiger partial charge in [0, 0.05) is 25.2 Å². The van der Waals surface area contributed by atoms with Crippen molar-refractivity contribution in [2.75, 3.05) is 26.5 Å². The predicted molar refractivity (Wildman–Crippen MR) is 122 cm³/mol. The van der Waals surface area contributed by atoms with Crippen LogP contribution in [0.2, 0.25) is 0 Å². The van der Waals surface area contributed by atoms with Crippen LogP contribution in [0.25, 0.3) is 0 Å². The molecule has 0 saturated heterocycles. The van der Waals surface area contributed by atoms with Crippen LogP contribution in [0.1, 0.15) is 42.6 Å². The standard InChI is InChI=1S/C24H22N2O5S/c1-13-18(24(29)30-4)22(32-20(13)23(28)26(2)3)25-21(27)19-14-9-5-7-11-16(14)31-17-12-8-6-10-15(17)19/h5-12,19H,1-4H3,(H,25,27). The molecule has 0 bridgehead atoms. The van der Waals surface area contributed by atoms with Gasteiger partial charge in [0.05, 0.1) is 23.5 Å². The Labute approximate surface area is 189 Å². The molecule has 1 aromatic heterocycles. The largest absolute Gasteiger partial charge is 0.465 e. The van der Waals surface area contributed by atoms with Crippen LogP contribution >= 0.6 is 11.3 Å². The number of para-hydroxylation sites is 2. The van der Waals surface area contributed by atoms with E-state index in [1.54, 1.807) is 21.0 Å². The minimum atomic E-state index is -0.642. The Balaban J connectivity index is 1.78. The Kier molecular flexibility index (Phi) is 5.71. The summed E-state index contributed by atoms with van der Waals surface area (Å²) in [4.78, 5) is 40.5. The van der Waals surface area contributed by atoms with Crippen LogP contribution in [0.3, 0.4) is 0 Å². The van der Waals surface area contributed by atoms with Gasteiger partial charge in [-0.1, -0.05) is 36.4 Å². The highest BCUT2D eigenvalue weighted by molar-refractivity contribution is 7.18. The molecule has 32 heavy (non-hydrogen) atoms. The van der Waals surface area contributed by atoms with E-state index in [9.17, 15) is 14.4 Å². The Bertz CT molecular complexity index is 1190. The van der Waals surface area contributed by atoms with Gasteiger partial charge < -0.3 is 19.7 Å². The molecule has 7 nitrogen and oxygen atoms in total. The number of methoxy groups -OCH3 is 1. The molecule has 0 saturated carbocycles. The van der Waals surface area contributed by atoms with E-state index in [-0.39, 0.29) is 22.4 Å². The zero-order valence-corrected chi connectivity index (χ0v) is 18.9. The van der Waals surface area contributed by atoms with Crippen molar-refractivity contribution in [2.24, 2.45) is 0 Å². The van der Waals surface area contributed by atoms with Crippen LogP contribution in [0, 0.1) is 6.92 Å². The second-order valence-electron chi connectivity index (χ2n) is 7.55. The number of carbonyl (C=O) groups excluding carboxylic acids is 3. The van der Waals surface area contributed by atoms with E-state index in [4.69, 9.17) is 9.47 Å². The molecule has 1 N–H and O–H groups in total. The van der Waals surface area contributed by atoms with Crippen molar-refractivity contribution in [2.45, 2.75) is 12.8 Å². The number of ether oxygens (including phenoxy) is 2. The highest BCUT2D eigenvalue weighted by Crippen LogP contribution is 2.45. The molecule has 0 aliphatic carbocycles. The molecule has 0 unspecified atom stereocenters. The summed E-state index contributed by atoms with van der Waals surface area (Å²) in [6.45, 7) is 1.67. The van der Waals surface area contributed by atoms with Gasteiger partial charge in [0.15, 0.2) is 0 Å². The van der Waals surface area contributed by atoms with E-state index < -0.39 is 11.9 Å². The van der Waals surface area contributed by atoms with Crippen LogP contribution in [0.5, 0.6) is 11.5 Å². The topological polar surface area (TPSA) is 84.9 Å². The molecule has 2 heterocycles. The Hall–Kier alpha value is -3.65. The maximum Gasteiger partial charge on any atom is 0.341 e. The minimum absolute atomic E-state index is 0.185. The first-order chi connectivity index (χ1) is 15.3. The summed E-state index contributed by atoms with van der Waals surface area (Å²) in [7, 11) is 4.53. The average Bonchev–Trinajstić information content (AvgIpc) is 3.11. The second kappa shape index (κ2) is 8.47. The van der Waals surface area contributed by atoms with Crippen molar-refractivity contribution in [3.63, 3.8) is 0 Å². The van der Waals surface area contributed by atoms with Gasteiger partial charge >= 0.3 is 5.97 Å². The molecule has 1 aliphatic heterocycles. The lowest BCUT2D eigenvalue weighted by Gasteiger charge is -2.27. The van der Waals surface area contributed by atoms with E-state index in [1.807, 2.05) is 48.5 Å². The maximum atomic E-state index is 13.6. The molecule has 164 valence electrons. The second-order valence-corrected chi connectivity index (χ2v) is 8.57. The maximum absolute atomic E-state index is 13.6. The number of rotatable bonds is 4. The number of amides is 2. The fourth-order valence-corrected chi connectivity index (χ4v) is 4.95. The van der Waals surface area contributed by atoms with Gasteiger partial charge in [-0.25, -0.2) is 4.79 Å². The third-order valence-electron chi connectivity index (χ3n) is 5.32. The van der Waals surface area contributed by atoms with Crippen molar-refractivity contribution in [1.29, 1.82) is 0 Å². The molecule has 0 spiro atoms. The molecular weight excluding hydrogens is 428 g/mol. The highest BCUT2D eigenvalue weighted by Gasteiger charge is 2.34. The Morgan fingerprint density at radius 1 is 1.00 bits per heavy atom. The molecule has 8 heteroatoms. The van der Waals surface area contributed by atoms with Gasteiger partial charge in [0.25, 0.3) is 5.91 Å². The van der Waals surface area contributed by atoms with E-state index >= 15 is 0 Å². The first kappa shape index (κ1) is 21.6. The highest BCUT2D eigenvalue weighted by atomic mass is 32.1. The van der Waals surface area contributed by atoms with Gasteiger partial charge in [0.2, 0.25) is 5.91 Å². The zero-order valence-electron chi connectivity index (χ0n) is 18.1. The summed E-state index contributed by atoms with van der Waals surface area (Å²) in [6.07, 6.45) is 0. The molecule has 0 fully saturated rings. The van der Waals surface area contributed by atoms with Crippen LogP contribution in [-0.4, -0.2) is 43.9 Å². The lowest BCUT2D eigenvalue weighted by atomic mass is 9.87. The monoisotopic (exact) mass is 450 g/mol. The molecule has 3 aromatic rings. The molecule has 0 radical (unpaired) electrons. The first-order valence-corrected chi connectivity index (χ1v) is 10.7. The van der Waals surface area contributed by atoms with Crippen molar-refractivity contribution >= 4 is 34.1 Å². The Morgan fingerprint density at radius 3 is 2.09 bits per heavy atom. The molecule has 4 rings (SSSR count). The lowest BCUT2D eigenvalue weighted by Crippen LogP contribution is -2.25. The number of fused-ring (bicyclic) bond motifs is 2. The van der Waals surface area contributed by atoms with Gasteiger partial charge in [-0.2, -0.15) is 0 Å². The van der Waals surface area contributed by atoms with Gasteiger partial charge in [-0.3, -0.25) is 9.59 Å². The molecule has 2 amide bonds. The molecule has 2 aromatic carbocycles. The number of carbonyl (C=O) groups is 3. The minimum Gasteiger partial charge on any atom is -0.465 e. The van der Waals surface area contributed by atoms with Crippen molar-refractivity contribution < 1.29 is 23.9 Å². The summed E-state index contributed by atoms with van der Waals surface area (Å²) < 4.78 is 10.9. The Morgan fingerprint density at radius 2 is 1.56 bits per heavy atom. The number of thiophene rings is 1. The fourth-order valence-electron chi connectivity index (χ4n) is 3.73. The van der Waals surface area contributed by atoms with Crippen LogP contribution in [0.15, 0.2) is 48.5 Å². The summed E-state index contributed by atoms with van der Waals surface area (Å²) in [5, 5.41) is 3.17. The van der Waals surface area contributed by atoms with E-state index in [0.717, 1.165) is 22.5 Å². The smallest absolute Gasteiger partial charge is 0.341 e. The van der Waals surface area contributed by atoms with Crippen molar-refractivity contribution in [1.82, 2.24) is 4.90 Å². The third-order valence-corrected chi connectivity index (χ3v) is 6.51. The van der Waals surface area contributed by atoms with E-state index in [0.29, 0.717) is 21.9 Å². The van der Waals surface area contributed by atoms with Gasteiger partial charge in [-0.15, -0.1) is 11.3 Å². The normalized spacial score (nSPS) is 12.2. The zero-order chi connectivity index (χ0) is 23.0. The van der Waals surface area contributed by atoms with Crippen molar-refractivity contribution in [3.05, 3.63) is 75.7 Å². The first-order valence-electron chi connectivity index (χ1n) is 9.93. The number of esters is 1. The van der Waals surface area contributed by atoms with Crippen LogP contribution < -0.4 is 10.1 Å². The quantitative estimate of drug-likeness (QED) is 0.595. The predicted octanol–water partition coefficient (Wildman–Crippen LogP) is 4.42. The van der Waals surface area contributed by atoms with Crippen LogP contribution in [-0.2, 0) is 9.53 Å². The fraction of sp³-hybridized carbons (Fsp3) is 0.208. The lowest BCUT2D eigenvalue weighted by molar-refractivity contribution is -0.116. The number of nitrogens with zero attached hydrogens (tertiary/aromatic N) is 1. The average molecular weight is 451 g/mol. The van der Waals surface area contributed by atoms with Crippen LogP contribution in [0.4, 0.5) is 5.00 Å². The van der Waals surface area contributed by atoms with Gasteiger partial charge in [0.1, 0.15) is 16.5 Å². The number of benzene rings is 2.